The fourth-order valence-electron chi connectivity index (χ4n) is 9.62. The molecule has 2 fully saturated rings. The highest BCUT2D eigenvalue weighted by atomic mass is 32.2. The van der Waals surface area contributed by atoms with Crippen LogP contribution in [0.1, 0.15) is 78.9 Å². The molecule has 86 heavy (non-hydrogen) atoms. The molecule has 2 aromatic rings. The Morgan fingerprint density at radius 2 is 1.22 bits per heavy atom. The highest BCUT2D eigenvalue weighted by Crippen LogP contribution is 2.44. The van der Waals surface area contributed by atoms with Gasteiger partial charge < -0.3 is 103 Å². The molecule has 30 nitrogen and oxygen atoms in total. The van der Waals surface area contributed by atoms with Gasteiger partial charge in [-0.1, -0.05) is 83.1 Å². The van der Waals surface area contributed by atoms with Crippen molar-refractivity contribution in [3.8, 4) is 11.1 Å². The average Bonchev–Trinajstić information content (AvgIpc) is 1.67. The van der Waals surface area contributed by atoms with E-state index in [4.69, 9.17) is 24.7 Å². The first-order chi connectivity index (χ1) is 40.5. The van der Waals surface area contributed by atoms with E-state index in [1.165, 1.54) is 32.5 Å². The van der Waals surface area contributed by atoms with E-state index in [0.717, 1.165) is 36.1 Å². The third kappa shape index (κ3) is 19.0. The van der Waals surface area contributed by atoms with E-state index in [-0.39, 0.29) is 18.3 Å². The van der Waals surface area contributed by atoms with Crippen molar-refractivity contribution in [1.82, 2.24) is 47.9 Å². The molecule has 31 heteroatoms. The highest BCUT2D eigenvalue weighted by molar-refractivity contribution is 8.00. The van der Waals surface area contributed by atoms with Gasteiger partial charge in [-0.3, -0.25) is 43.2 Å². The number of amides is 10. The largest absolute Gasteiger partial charge is 0.449 e. The lowest BCUT2D eigenvalue weighted by Crippen LogP contribution is -2.71. The molecule has 0 aromatic heterocycles. The predicted molar refractivity (Wildman–Crippen MR) is 304 cm³/mol. The van der Waals surface area contributed by atoms with Gasteiger partial charge >= 0.3 is 6.09 Å². The van der Waals surface area contributed by atoms with Crippen LogP contribution in [0.4, 0.5) is 4.79 Å². The Bertz CT molecular complexity index is 2710. The Labute approximate surface area is 499 Å². The molecule has 0 saturated carbocycles. The first kappa shape index (κ1) is 69.7. The highest BCUT2D eigenvalue weighted by Gasteiger charge is 2.52. The Morgan fingerprint density at radius 1 is 0.651 bits per heavy atom. The molecule has 2 saturated heterocycles. The standard InChI is InChI=1S/C55H80N10O20S/c1-24(2)40(51(80)62-34(19-66)47(56)76)65-49(78)33(61-48(77)25(3)58-50(79)35(23-86-55(6,7)8)63-54(81)82-22-32-30-15-11-9-13-28(30)29-14-10-12-16-31(29)32)17-38(71)57-18-39(72)64-52-41(59-26(4)69)45(75)46(37(21-68)83-52)85-53-42(60-27(5)70)44(74)43(73)36(20-67)84-53/h9-16,24-25,32-37,40-46,52-53,66-68,73-75H,17-23H2,1-8H3,(H2,56,76)(H,57,71)(H,58,79)(H,59,69)(H,60,70)(H,61,77)(H,62,80)(H,63,81)(H,64,72)(H,65,78)/t25-,33-,34-,35-,36+,37+,40-,41+,42+,43+,44+,45+,46+,52+,53-/m0/s1. The second-order valence-electron chi connectivity index (χ2n) is 22.2. The van der Waals surface area contributed by atoms with Crippen LogP contribution in [0.25, 0.3) is 11.1 Å². The van der Waals surface area contributed by atoms with Gasteiger partial charge in [0.1, 0.15) is 85.5 Å². The number of alkyl carbamates (subject to hydrolysis) is 1. The second kappa shape index (κ2) is 31.5. The number of benzene rings is 2. The van der Waals surface area contributed by atoms with Crippen LogP contribution in [0.2, 0.25) is 0 Å². The number of ether oxygens (including phenoxy) is 4. The Kier molecular flexibility index (Phi) is 25.6. The fourth-order valence-corrected chi connectivity index (χ4v) is 10.5. The lowest BCUT2D eigenvalue weighted by Gasteiger charge is -2.48. The number of fused-ring (bicyclic) bond motifs is 3. The molecule has 476 valence electrons. The monoisotopic (exact) mass is 1230 g/mol. The van der Waals surface area contributed by atoms with Crippen LogP contribution >= 0.6 is 11.8 Å². The number of hydrogen-bond donors (Lipinski definition) is 16. The summed E-state index contributed by atoms with van der Waals surface area (Å²) in [6.07, 6.45) is -15.3. The van der Waals surface area contributed by atoms with Gasteiger partial charge in [0.2, 0.25) is 53.2 Å². The van der Waals surface area contributed by atoms with E-state index in [9.17, 15) is 78.6 Å². The number of carbonyl (C=O) groups excluding carboxylic acids is 10. The van der Waals surface area contributed by atoms with Crippen molar-refractivity contribution in [1.29, 1.82) is 0 Å². The number of thioether (sulfide) groups is 1. The molecule has 0 bridgehead atoms. The predicted octanol–water partition coefficient (Wildman–Crippen LogP) is -4.95. The Hall–Kier alpha value is -7.07. The molecule has 1 aliphatic carbocycles. The Morgan fingerprint density at radius 3 is 1.77 bits per heavy atom. The second-order valence-corrected chi connectivity index (χ2v) is 24.0. The first-order valence-electron chi connectivity index (χ1n) is 27.7. The fraction of sp³-hybridized carbons (Fsp3) is 0.600. The van der Waals surface area contributed by atoms with Crippen LogP contribution in [-0.2, 0) is 62.1 Å². The molecule has 17 N–H and O–H groups in total. The summed E-state index contributed by atoms with van der Waals surface area (Å²) >= 11 is 1.32. The lowest BCUT2D eigenvalue weighted by molar-refractivity contribution is -0.315. The maximum Gasteiger partial charge on any atom is 0.407 e. The topological polar surface area (TPSA) is 463 Å². The zero-order valence-corrected chi connectivity index (χ0v) is 49.6. The minimum atomic E-state index is -1.88. The molecule has 0 radical (unpaired) electrons. The molecule has 2 aromatic carbocycles. The number of nitrogens with two attached hydrogens (primary N) is 1. The zero-order chi connectivity index (χ0) is 63.9. The molecule has 2 aliphatic heterocycles. The number of aliphatic hydroxyl groups is 6. The molecule has 3 aliphatic rings. The minimum absolute atomic E-state index is 0.0124. The Balaban J connectivity index is 1.29. The number of hydrogen-bond acceptors (Lipinski definition) is 21. The molecule has 15 atom stereocenters. The van der Waals surface area contributed by atoms with Gasteiger partial charge in [0.15, 0.2) is 12.5 Å². The van der Waals surface area contributed by atoms with E-state index in [1.807, 2.05) is 69.3 Å². The number of aliphatic hydroxyl groups excluding tert-OH is 6. The van der Waals surface area contributed by atoms with Gasteiger partial charge in [-0.05, 0) is 35.1 Å². The van der Waals surface area contributed by atoms with Crippen molar-refractivity contribution in [2.75, 3.05) is 38.7 Å². The first-order valence-corrected chi connectivity index (χ1v) is 28.7. The van der Waals surface area contributed by atoms with Crippen LogP contribution in [0, 0.1) is 5.92 Å². The third-order valence-corrected chi connectivity index (χ3v) is 15.4. The van der Waals surface area contributed by atoms with Gasteiger partial charge in [0.05, 0.1) is 32.8 Å². The van der Waals surface area contributed by atoms with Crippen LogP contribution in [0.15, 0.2) is 48.5 Å². The smallest absolute Gasteiger partial charge is 0.407 e. The number of rotatable bonds is 27. The summed E-state index contributed by atoms with van der Waals surface area (Å²) < 4.78 is 22.7. The molecule has 10 amide bonds. The molecule has 0 unspecified atom stereocenters. The summed E-state index contributed by atoms with van der Waals surface area (Å²) in [7, 11) is 0. The summed E-state index contributed by atoms with van der Waals surface area (Å²) in [5.41, 5.74) is 9.20. The van der Waals surface area contributed by atoms with Crippen molar-refractivity contribution in [2.45, 2.75) is 164 Å². The van der Waals surface area contributed by atoms with Crippen LogP contribution in [0.3, 0.4) is 0 Å². The molecular weight excluding hydrogens is 1150 g/mol. The molecule has 0 spiro atoms. The van der Waals surface area contributed by atoms with Crippen molar-refractivity contribution in [3.05, 3.63) is 59.7 Å². The quantitative estimate of drug-likeness (QED) is 0.0398. The van der Waals surface area contributed by atoms with Gasteiger partial charge in [0, 0.05) is 30.3 Å². The van der Waals surface area contributed by atoms with Gasteiger partial charge in [-0.15, -0.1) is 0 Å². The van der Waals surface area contributed by atoms with Crippen molar-refractivity contribution in [2.24, 2.45) is 11.7 Å². The van der Waals surface area contributed by atoms with E-state index >= 15 is 0 Å². The maximum atomic E-state index is 14.1. The molecular formula is C55H80N10O20S. The third-order valence-electron chi connectivity index (χ3n) is 14.1. The van der Waals surface area contributed by atoms with Crippen molar-refractivity contribution in [3.63, 3.8) is 0 Å². The number of nitrogens with one attached hydrogen (secondary N) is 9. The summed E-state index contributed by atoms with van der Waals surface area (Å²) in [5, 5.41) is 84.2. The van der Waals surface area contributed by atoms with E-state index < -0.39 is 194 Å². The minimum Gasteiger partial charge on any atom is -0.449 e. The van der Waals surface area contributed by atoms with Gasteiger partial charge in [-0.25, -0.2) is 4.79 Å². The lowest BCUT2D eigenvalue weighted by atomic mass is 9.94. The molecule has 5 rings (SSSR count). The molecule has 2 heterocycles. The van der Waals surface area contributed by atoms with Crippen LogP contribution in [0.5, 0.6) is 0 Å². The summed E-state index contributed by atoms with van der Waals surface area (Å²) in [5.74, 6) is -9.74. The maximum absolute atomic E-state index is 14.1. The number of primary amides is 1. The number of carbonyl (C=O) groups is 10. The SMILES string of the molecule is CC(=O)N[C@@H]1[C@@H](O)[C@H](O[C@@H]2O[C@H](CO)[C@@H](O)[C@H](O)[C@H]2NC(C)=O)[C@@H](CO)O[C@H]1NC(=O)CNC(=O)C[C@H](NC(=O)[C@H](C)NC(=O)[C@H](CSC(C)(C)C)NC(=O)OCC1c2ccccc2-c2ccccc21)C(=O)N[C@H](C(=O)N[C@@H](CO)C(N)=O)C(C)C. The van der Waals surface area contributed by atoms with Crippen LogP contribution in [-0.4, -0.2) is 225 Å². The van der Waals surface area contributed by atoms with Gasteiger partial charge in [0.25, 0.3) is 0 Å². The average molecular weight is 1230 g/mol. The summed E-state index contributed by atoms with van der Waals surface area (Å²) in [4.78, 5) is 133. The normalized spacial score (nSPS) is 24.4. The van der Waals surface area contributed by atoms with Crippen LogP contribution < -0.4 is 53.6 Å². The van der Waals surface area contributed by atoms with Crippen molar-refractivity contribution >= 4 is 71.0 Å². The zero-order valence-electron chi connectivity index (χ0n) is 48.8. The van der Waals surface area contributed by atoms with E-state index in [0.29, 0.717) is 0 Å². The van der Waals surface area contributed by atoms with E-state index in [1.54, 1.807) is 0 Å². The summed E-state index contributed by atoms with van der Waals surface area (Å²) in [6.45, 7) is 8.44. The van der Waals surface area contributed by atoms with Crippen molar-refractivity contribution < 1.29 is 97.5 Å². The summed E-state index contributed by atoms with van der Waals surface area (Å²) in [6, 6.07) is 4.66. The van der Waals surface area contributed by atoms with Gasteiger partial charge in [-0.2, -0.15) is 11.8 Å². The van der Waals surface area contributed by atoms with E-state index in [2.05, 4.69) is 47.9 Å².